The zero-order valence-corrected chi connectivity index (χ0v) is 10.6. The summed E-state index contributed by atoms with van der Waals surface area (Å²) in [6.45, 7) is 2.04. The molecule has 0 saturated heterocycles. The molecule has 0 amide bonds. The van der Waals surface area contributed by atoms with E-state index >= 15 is 0 Å². The van der Waals surface area contributed by atoms with Crippen LogP contribution in [0.3, 0.4) is 0 Å². The molecule has 0 atom stereocenters. The first kappa shape index (κ1) is 11.7. The van der Waals surface area contributed by atoms with Crippen LogP contribution < -0.4 is 4.35 Å². The SMILES string of the molecule is CCCCC[AsH](F)(F)c1ccccc1. The van der Waals surface area contributed by atoms with E-state index in [-0.39, 0.29) is 5.21 Å². The Labute approximate surface area is 87.8 Å². The fraction of sp³-hybridized carbons (Fsp3) is 0.455. The molecule has 0 radical (unpaired) electrons. The van der Waals surface area contributed by atoms with E-state index in [0.717, 1.165) is 12.8 Å². The van der Waals surface area contributed by atoms with Crippen molar-refractivity contribution in [1.82, 2.24) is 0 Å². The summed E-state index contributed by atoms with van der Waals surface area (Å²) in [6, 6.07) is 8.34. The van der Waals surface area contributed by atoms with Gasteiger partial charge in [0.1, 0.15) is 0 Å². The third-order valence-corrected chi connectivity index (χ3v) is 6.82. The summed E-state index contributed by atoms with van der Waals surface area (Å²) in [5.41, 5.74) is 0. The molecular formula is C11H17AsF2. The minimum absolute atomic E-state index is 0.151. The molecule has 0 aliphatic heterocycles. The predicted molar refractivity (Wildman–Crippen MR) is 59.8 cm³/mol. The molecule has 1 aromatic carbocycles. The molecule has 0 spiro atoms. The summed E-state index contributed by atoms with van der Waals surface area (Å²) in [5.74, 6) is 0. The Bertz CT molecular complexity index is 259. The Kier molecular flexibility index (Phi) is 4.60. The number of rotatable bonds is 5. The summed E-state index contributed by atoms with van der Waals surface area (Å²) in [4.78, 5) is 0. The van der Waals surface area contributed by atoms with Crippen molar-refractivity contribution in [3.05, 3.63) is 30.3 Å². The van der Waals surface area contributed by atoms with Crippen LogP contribution in [0.5, 0.6) is 0 Å². The molecule has 0 nitrogen and oxygen atoms in total. The first-order chi connectivity index (χ1) is 6.67. The van der Waals surface area contributed by atoms with E-state index in [0.29, 0.717) is 10.8 Å². The Balaban J connectivity index is 2.56. The standard InChI is InChI=1S/C11H17AsF2/c1-2-3-7-10-12(13,14)11-8-5-4-6-9-11/h4-6,8-9,12H,2-3,7,10H2,1H3. The first-order valence-electron chi connectivity index (χ1n) is 5.10. The van der Waals surface area contributed by atoms with Crippen LogP contribution in [0.4, 0.5) is 6.93 Å². The van der Waals surface area contributed by atoms with Gasteiger partial charge in [-0.05, 0) is 0 Å². The zero-order chi connectivity index (χ0) is 10.4. The molecule has 0 unspecified atom stereocenters. The first-order valence-corrected chi connectivity index (χ1v) is 9.22. The number of halogens is 2. The van der Waals surface area contributed by atoms with Crippen LogP contribution in [-0.4, -0.2) is 14.5 Å². The number of hydrogen-bond acceptors (Lipinski definition) is 0. The van der Waals surface area contributed by atoms with E-state index < -0.39 is 14.5 Å². The van der Waals surface area contributed by atoms with Gasteiger partial charge in [0.2, 0.25) is 0 Å². The third-order valence-electron chi connectivity index (χ3n) is 2.29. The van der Waals surface area contributed by atoms with Gasteiger partial charge >= 0.3 is 87.5 Å². The number of unbranched alkanes of at least 4 members (excludes halogenated alkanes) is 2. The normalized spacial score (nSPS) is 12.8. The fourth-order valence-corrected chi connectivity index (χ4v) is 4.91. The zero-order valence-electron chi connectivity index (χ0n) is 8.47. The van der Waals surface area contributed by atoms with Gasteiger partial charge in [0.15, 0.2) is 0 Å². The van der Waals surface area contributed by atoms with Crippen molar-refractivity contribution >= 4 is 18.8 Å². The number of benzene rings is 1. The van der Waals surface area contributed by atoms with Gasteiger partial charge in [0.25, 0.3) is 0 Å². The Morgan fingerprint density at radius 1 is 1.07 bits per heavy atom. The second-order valence-corrected chi connectivity index (χ2v) is 8.74. The fourth-order valence-electron chi connectivity index (χ4n) is 1.42. The van der Waals surface area contributed by atoms with Crippen molar-refractivity contribution < 1.29 is 6.93 Å². The van der Waals surface area contributed by atoms with E-state index in [9.17, 15) is 6.93 Å². The second-order valence-electron chi connectivity index (χ2n) is 3.53. The molecule has 0 aliphatic carbocycles. The van der Waals surface area contributed by atoms with Gasteiger partial charge in [0, 0.05) is 0 Å². The molecule has 14 heavy (non-hydrogen) atoms. The van der Waals surface area contributed by atoms with Gasteiger partial charge in [-0.15, -0.1) is 0 Å². The van der Waals surface area contributed by atoms with Gasteiger partial charge in [0.05, 0.1) is 0 Å². The monoisotopic (exact) mass is 262 g/mol. The van der Waals surface area contributed by atoms with Crippen molar-refractivity contribution in [2.75, 3.05) is 0 Å². The van der Waals surface area contributed by atoms with Crippen LogP contribution in [0, 0.1) is 0 Å². The van der Waals surface area contributed by atoms with E-state index in [2.05, 4.69) is 0 Å². The molecule has 0 bridgehead atoms. The van der Waals surface area contributed by atoms with Gasteiger partial charge in [-0.2, -0.15) is 0 Å². The van der Waals surface area contributed by atoms with Crippen LogP contribution in [0.1, 0.15) is 26.2 Å². The van der Waals surface area contributed by atoms with Crippen molar-refractivity contribution in [2.45, 2.75) is 31.4 Å². The van der Waals surface area contributed by atoms with Crippen molar-refractivity contribution in [1.29, 1.82) is 0 Å². The average molecular weight is 262 g/mol. The molecular weight excluding hydrogens is 245 g/mol. The second kappa shape index (κ2) is 5.50. The summed E-state index contributed by atoms with van der Waals surface area (Å²) in [6.07, 6.45) is 2.61. The van der Waals surface area contributed by atoms with Crippen LogP contribution >= 0.6 is 0 Å². The van der Waals surface area contributed by atoms with Gasteiger partial charge in [-0.25, -0.2) is 0 Å². The third kappa shape index (κ3) is 3.42. The molecule has 1 rings (SSSR count). The maximum atomic E-state index is 13.7. The van der Waals surface area contributed by atoms with Gasteiger partial charge < -0.3 is 0 Å². The van der Waals surface area contributed by atoms with Crippen LogP contribution in [0.2, 0.25) is 5.21 Å². The molecule has 1 aromatic rings. The summed E-state index contributed by atoms with van der Waals surface area (Å²) >= 11 is -4.63. The summed E-state index contributed by atoms with van der Waals surface area (Å²) < 4.78 is 27.7. The average Bonchev–Trinajstić information content (AvgIpc) is 2.19. The Morgan fingerprint density at radius 2 is 1.71 bits per heavy atom. The van der Waals surface area contributed by atoms with E-state index in [4.69, 9.17) is 0 Å². The van der Waals surface area contributed by atoms with Crippen LogP contribution in [-0.2, 0) is 0 Å². The molecule has 0 N–H and O–H groups in total. The quantitative estimate of drug-likeness (QED) is 0.564. The van der Waals surface area contributed by atoms with E-state index in [1.807, 2.05) is 6.92 Å². The maximum absolute atomic E-state index is 13.7. The Morgan fingerprint density at radius 3 is 2.29 bits per heavy atom. The van der Waals surface area contributed by atoms with E-state index in [1.54, 1.807) is 30.3 Å². The molecule has 0 aliphatic rings. The predicted octanol–water partition coefficient (Wildman–Crippen LogP) is 3.20. The molecule has 3 heteroatoms. The molecule has 0 fully saturated rings. The van der Waals surface area contributed by atoms with Gasteiger partial charge in [-0.1, -0.05) is 0 Å². The van der Waals surface area contributed by atoms with Crippen LogP contribution in [0.15, 0.2) is 30.3 Å². The minimum atomic E-state index is -4.63. The molecule has 0 heterocycles. The molecule has 0 saturated carbocycles. The summed E-state index contributed by atoms with van der Waals surface area (Å²) in [7, 11) is 0. The van der Waals surface area contributed by atoms with Crippen LogP contribution in [0.25, 0.3) is 0 Å². The Hall–Kier alpha value is -0.362. The molecule has 80 valence electrons. The number of hydrogen-bond donors (Lipinski definition) is 0. The topological polar surface area (TPSA) is 0 Å². The summed E-state index contributed by atoms with van der Waals surface area (Å²) in [5, 5.41) is 0.151. The van der Waals surface area contributed by atoms with Crippen molar-refractivity contribution in [3.63, 3.8) is 0 Å². The van der Waals surface area contributed by atoms with Crippen molar-refractivity contribution in [3.8, 4) is 0 Å². The molecule has 0 aromatic heterocycles. The van der Waals surface area contributed by atoms with Gasteiger partial charge in [-0.3, -0.25) is 0 Å². The van der Waals surface area contributed by atoms with Crippen molar-refractivity contribution in [2.24, 2.45) is 0 Å². The van der Waals surface area contributed by atoms with E-state index in [1.165, 1.54) is 0 Å².